The number of benzene rings is 2. The molecule has 0 unspecified atom stereocenters. The van der Waals surface area contributed by atoms with Gasteiger partial charge in [-0.1, -0.05) is 18.2 Å². The molecule has 1 amide bonds. The van der Waals surface area contributed by atoms with E-state index in [2.05, 4.69) is 15.4 Å². The van der Waals surface area contributed by atoms with E-state index >= 15 is 0 Å². The topological polar surface area (TPSA) is 124 Å². The van der Waals surface area contributed by atoms with Crippen LogP contribution < -0.4 is 20.9 Å². The van der Waals surface area contributed by atoms with Crippen LogP contribution in [0, 0.1) is 11.6 Å². The van der Waals surface area contributed by atoms with Crippen LogP contribution in [-0.4, -0.2) is 59.1 Å². The SMILES string of the molecule is COC(=O)[C@H](Cc1ccc(-c2c(OC)cnn(C)c2=O)c2ncccc12)NC(=O)c1c(F)cc(N[C@H](C)C(F)(F)F)cc1F. The highest BCUT2D eigenvalue weighted by Gasteiger charge is 2.36. The maximum atomic E-state index is 14.8. The summed E-state index contributed by atoms with van der Waals surface area (Å²) < 4.78 is 79.5. The fraction of sp³-hybridized carbons (Fsp3) is 0.276. The van der Waals surface area contributed by atoms with Gasteiger partial charge < -0.3 is 20.1 Å². The van der Waals surface area contributed by atoms with Gasteiger partial charge in [-0.15, -0.1) is 0 Å². The van der Waals surface area contributed by atoms with E-state index in [-0.39, 0.29) is 17.7 Å². The van der Waals surface area contributed by atoms with Gasteiger partial charge in [-0.3, -0.25) is 14.6 Å². The predicted octanol–water partition coefficient (Wildman–Crippen LogP) is 4.16. The molecule has 10 nitrogen and oxygen atoms in total. The maximum Gasteiger partial charge on any atom is 0.408 e. The molecule has 4 rings (SSSR count). The van der Waals surface area contributed by atoms with Crippen molar-refractivity contribution in [3.8, 4) is 16.9 Å². The van der Waals surface area contributed by atoms with Crippen molar-refractivity contribution in [2.24, 2.45) is 7.05 Å². The number of ether oxygens (including phenoxy) is 2. The van der Waals surface area contributed by atoms with E-state index in [0.717, 1.165) is 18.7 Å². The molecule has 232 valence electrons. The van der Waals surface area contributed by atoms with E-state index in [9.17, 15) is 36.3 Å². The lowest BCUT2D eigenvalue weighted by Crippen LogP contribution is -2.43. The fourth-order valence-electron chi connectivity index (χ4n) is 4.53. The first-order valence-corrected chi connectivity index (χ1v) is 12.9. The molecule has 0 spiro atoms. The minimum Gasteiger partial charge on any atom is -0.494 e. The van der Waals surface area contributed by atoms with E-state index in [1.54, 1.807) is 24.3 Å². The summed E-state index contributed by atoms with van der Waals surface area (Å²) in [5, 5.41) is 8.62. The lowest BCUT2D eigenvalue weighted by Gasteiger charge is -2.20. The first kappa shape index (κ1) is 31.8. The van der Waals surface area contributed by atoms with Crippen LogP contribution in [0.2, 0.25) is 0 Å². The number of fused-ring (bicyclic) bond motifs is 1. The Balaban J connectivity index is 1.69. The van der Waals surface area contributed by atoms with E-state index in [0.29, 0.717) is 34.2 Å². The van der Waals surface area contributed by atoms with Crippen molar-refractivity contribution in [2.75, 3.05) is 19.5 Å². The van der Waals surface area contributed by atoms with Gasteiger partial charge in [0.25, 0.3) is 11.5 Å². The largest absolute Gasteiger partial charge is 0.494 e. The number of nitrogens with one attached hydrogen (secondary N) is 2. The summed E-state index contributed by atoms with van der Waals surface area (Å²) in [7, 11) is 3.91. The number of halogens is 5. The lowest BCUT2D eigenvalue weighted by atomic mass is 9.95. The molecule has 0 aliphatic carbocycles. The Morgan fingerprint density at radius 3 is 2.39 bits per heavy atom. The van der Waals surface area contributed by atoms with Crippen LogP contribution in [0.1, 0.15) is 22.8 Å². The van der Waals surface area contributed by atoms with Crippen molar-refractivity contribution in [3.63, 3.8) is 0 Å². The molecule has 2 heterocycles. The van der Waals surface area contributed by atoms with Crippen molar-refractivity contribution in [1.29, 1.82) is 0 Å². The molecule has 2 N–H and O–H groups in total. The molecule has 0 fully saturated rings. The summed E-state index contributed by atoms with van der Waals surface area (Å²) in [6, 6.07) is 3.96. The Morgan fingerprint density at radius 2 is 1.77 bits per heavy atom. The lowest BCUT2D eigenvalue weighted by molar-refractivity contribution is -0.143. The number of hydrogen-bond acceptors (Lipinski definition) is 8. The van der Waals surface area contributed by atoms with Crippen molar-refractivity contribution in [3.05, 3.63) is 81.9 Å². The third kappa shape index (κ3) is 6.45. The number of amides is 1. The minimum absolute atomic E-state index is 0.187. The molecule has 4 aromatic rings. The van der Waals surface area contributed by atoms with E-state index in [4.69, 9.17) is 9.47 Å². The molecule has 0 bridgehead atoms. The van der Waals surface area contributed by atoms with Crippen molar-refractivity contribution in [2.45, 2.75) is 31.6 Å². The van der Waals surface area contributed by atoms with Crippen molar-refractivity contribution in [1.82, 2.24) is 20.1 Å². The zero-order chi connectivity index (χ0) is 32.3. The number of rotatable bonds is 9. The highest BCUT2D eigenvalue weighted by atomic mass is 19.4. The number of esters is 1. The predicted molar refractivity (Wildman–Crippen MR) is 149 cm³/mol. The van der Waals surface area contributed by atoms with Crippen LogP contribution in [-0.2, 0) is 23.0 Å². The molecule has 2 atom stereocenters. The Kier molecular flexibility index (Phi) is 9.16. The number of carbonyl (C=O) groups is 2. The maximum absolute atomic E-state index is 14.8. The summed E-state index contributed by atoms with van der Waals surface area (Å²) in [6.07, 6.45) is -2.04. The van der Waals surface area contributed by atoms with Crippen molar-refractivity contribution >= 4 is 28.5 Å². The number of carbonyl (C=O) groups excluding carboxylic acids is 2. The van der Waals surface area contributed by atoms with Gasteiger partial charge >= 0.3 is 12.1 Å². The average Bonchev–Trinajstić information content (AvgIpc) is 2.97. The highest BCUT2D eigenvalue weighted by Crippen LogP contribution is 2.33. The number of methoxy groups -OCH3 is 2. The number of alkyl halides is 3. The average molecular weight is 620 g/mol. The fourth-order valence-corrected chi connectivity index (χ4v) is 4.53. The molecule has 44 heavy (non-hydrogen) atoms. The van der Waals surface area contributed by atoms with Crippen LogP contribution in [0.3, 0.4) is 0 Å². The highest BCUT2D eigenvalue weighted by molar-refractivity contribution is 5.99. The zero-order valence-electron chi connectivity index (χ0n) is 23.8. The third-order valence-electron chi connectivity index (χ3n) is 6.81. The van der Waals surface area contributed by atoms with E-state index < -0.39 is 58.6 Å². The molecule has 0 saturated carbocycles. The Hall–Kier alpha value is -5.08. The molecule has 2 aromatic heterocycles. The number of aryl methyl sites for hydroxylation is 1. The first-order chi connectivity index (χ1) is 20.8. The Morgan fingerprint density at radius 1 is 1.09 bits per heavy atom. The summed E-state index contributed by atoms with van der Waals surface area (Å²) in [6.45, 7) is 0.760. The number of anilines is 1. The third-order valence-corrected chi connectivity index (χ3v) is 6.81. The van der Waals surface area contributed by atoms with Gasteiger partial charge in [0.2, 0.25) is 0 Å². The van der Waals surface area contributed by atoms with Crippen LogP contribution >= 0.6 is 0 Å². The van der Waals surface area contributed by atoms with Gasteiger partial charge in [0.1, 0.15) is 29.3 Å². The second kappa shape index (κ2) is 12.7. The van der Waals surface area contributed by atoms with Gasteiger partial charge in [-0.2, -0.15) is 18.3 Å². The molecule has 0 radical (unpaired) electrons. The van der Waals surface area contributed by atoms with Gasteiger partial charge in [0.15, 0.2) is 5.75 Å². The molecule has 2 aromatic carbocycles. The molecule has 0 aliphatic heterocycles. The summed E-state index contributed by atoms with van der Waals surface area (Å²) in [5.74, 6) is -4.98. The normalized spacial score (nSPS) is 12.8. The standard InChI is InChI=1S/C29H26F5N5O5/c1-14(29(32,33)34)37-16-11-19(30)24(20(31)12-16)26(40)38-21(28(42)44-4)10-15-7-8-18(25-17(15)6-5-9-35-25)23-22(43-3)13-36-39(2)27(23)41/h5-9,11-14,21,37H,10H2,1-4H3,(H,38,40)/t14-,21+/m1/s1. The van der Waals surface area contributed by atoms with Crippen LogP contribution in [0.15, 0.2) is 53.6 Å². The molecule has 0 aliphatic rings. The summed E-state index contributed by atoms with van der Waals surface area (Å²) in [4.78, 5) is 43.1. The smallest absolute Gasteiger partial charge is 0.408 e. The van der Waals surface area contributed by atoms with Gasteiger partial charge in [-0.05, 0) is 30.7 Å². The summed E-state index contributed by atoms with van der Waals surface area (Å²) >= 11 is 0. The van der Waals surface area contributed by atoms with E-state index in [1.165, 1.54) is 26.6 Å². The quantitative estimate of drug-likeness (QED) is 0.212. The molecular weight excluding hydrogens is 593 g/mol. The van der Waals surface area contributed by atoms with Gasteiger partial charge in [0.05, 0.1) is 31.5 Å². The van der Waals surface area contributed by atoms with Crippen molar-refractivity contribution < 1.29 is 41.0 Å². The van der Waals surface area contributed by atoms with Crippen LogP contribution in [0.4, 0.5) is 27.6 Å². The first-order valence-electron chi connectivity index (χ1n) is 12.9. The number of nitrogens with zero attached hydrogens (tertiary/aromatic N) is 3. The minimum atomic E-state index is -4.69. The second-order valence-electron chi connectivity index (χ2n) is 9.66. The number of pyridine rings is 1. The Labute approximate surface area is 246 Å². The number of aromatic nitrogens is 3. The van der Waals surface area contributed by atoms with E-state index in [1.807, 2.05) is 5.32 Å². The number of hydrogen-bond donors (Lipinski definition) is 2. The summed E-state index contributed by atoms with van der Waals surface area (Å²) in [5.41, 5.74) is -0.694. The van der Waals surface area contributed by atoms with Crippen LogP contribution in [0.5, 0.6) is 5.75 Å². The molecule has 0 saturated heterocycles. The zero-order valence-corrected chi connectivity index (χ0v) is 23.8. The molecular formula is C29H26F5N5O5. The second-order valence-corrected chi connectivity index (χ2v) is 9.66. The van der Waals surface area contributed by atoms with Crippen LogP contribution in [0.25, 0.3) is 22.0 Å². The van der Waals surface area contributed by atoms with Gasteiger partial charge in [-0.25, -0.2) is 18.3 Å². The molecule has 15 heteroatoms. The monoisotopic (exact) mass is 619 g/mol. The Bertz CT molecular complexity index is 1770. The van der Waals surface area contributed by atoms with Gasteiger partial charge in [0, 0.05) is 36.3 Å².